The van der Waals surface area contributed by atoms with Crippen LogP contribution in [0.1, 0.15) is 30.5 Å². The quantitative estimate of drug-likeness (QED) is 0.876. The first-order chi connectivity index (χ1) is 8.21. The highest BCUT2D eigenvalue weighted by Gasteiger charge is 2.26. The lowest BCUT2D eigenvalue weighted by Crippen LogP contribution is -2.32. The van der Waals surface area contributed by atoms with Crippen molar-refractivity contribution in [3.05, 3.63) is 23.3 Å². The standard InChI is InChI=1S/C13H19NO3/c1-4-11-10-8-13(17-3)12(16-2)7-9(10)5-6-14(11)15/h7-8,11,15H,4-6H2,1-3H3/t11-/m0/s1. The summed E-state index contributed by atoms with van der Waals surface area (Å²) in [6.45, 7) is 2.74. The van der Waals surface area contributed by atoms with Crippen LogP contribution in [0.5, 0.6) is 11.5 Å². The Morgan fingerprint density at radius 3 is 2.53 bits per heavy atom. The van der Waals surface area contributed by atoms with Crippen LogP contribution in [0.3, 0.4) is 0 Å². The minimum Gasteiger partial charge on any atom is -0.493 e. The zero-order chi connectivity index (χ0) is 12.4. The lowest BCUT2D eigenvalue weighted by Gasteiger charge is -2.32. The van der Waals surface area contributed by atoms with Gasteiger partial charge in [-0.25, -0.2) is 0 Å². The Morgan fingerprint density at radius 2 is 1.94 bits per heavy atom. The second kappa shape index (κ2) is 4.94. The van der Waals surface area contributed by atoms with Crippen molar-refractivity contribution in [2.75, 3.05) is 20.8 Å². The minimum absolute atomic E-state index is 0.0542. The van der Waals surface area contributed by atoms with E-state index in [4.69, 9.17) is 9.47 Å². The van der Waals surface area contributed by atoms with E-state index < -0.39 is 0 Å². The summed E-state index contributed by atoms with van der Waals surface area (Å²) in [5.74, 6) is 1.48. The van der Waals surface area contributed by atoms with Crippen molar-refractivity contribution in [1.29, 1.82) is 0 Å². The lowest BCUT2D eigenvalue weighted by atomic mass is 9.92. The average molecular weight is 237 g/mol. The normalized spacial score (nSPS) is 19.9. The van der Waals surface area contributed by atoms with Crippen LogP contribution >= 0.6 is 0 Å². The van der Waals surface area contributed by atoms with Crippen molar-refractivity contribution in [1.82, 2.24) is 5.06 Å². The molecule has 0 aromatic heterocycles. The van der Waals surface area contributed by atoms with Crippen LogP contribution in [0, 0.1) is 0 Å². The first kappa shape index (κ1) is 12.2. The van der Waals surface area contributed by atoms with E-state index in [9.17, 15) is 5.21 Å². The van der Waals surface area contributed by atoms with E-state index in [-0.39, 0.29) is 6.04 Å². The van der Waals surface area contributed by atoms with Crippen molar-refractivity contribution in [2.45, 2.75) is 25.8 Å². The van der Waals surface area contributed by atoms with Gasteiger partial charge < -0.3 is 14.7 Å². The number of hydrogen-bond donors (Lipinski definition) is 1. The molecule has 4 nitrogen and oxygen atoms in total. The van der Waals surface area contributed by atoms with E-state index in [1.807, 2.05) is 12.1 Å². The minimum atomic E-state index is 0.0542. The fourth-order valence-electron chi connectivity index (χ4n) is 2.45. The van der Waals surface area contributed by atoms with Gasteiger partial charge in [0.15, 0.2) is 11.5 Å². The van der Waals surface area contributed by atoms with Crippen LogP contribution < -0.4 is 9.47 Å². The monoisotopic (exact) mass is 237 g/mol. The van der Waals surface area contributed by atoms with Gasteiger partial charge in [-0.1, -0.05) is 6.92 Å². The smallest absolute Gasteiger partial charge is 0.161 e. The molecule has 1 atom stereocenters. The van der Waals surface area contributed by atoms with Crippen molar-refractivity contribution in [3.8, 4) is 11.5 Å². The first-order valence-corrected chi connectivity index (χ1v) is 5.91. The second-order valence-corrected chi connectivity index (χ2v) is 4.24. The maximum Gasteiger partial charge on any atom is 0.161 e. The van der Waals surface area contributed by atoms with Crippen LogP contribution in [0.2, 0.25) is 0 Å². The number of rotatable bonds is 3. The maximum absolute atomic E-state index is 9.87. The molecule has 0 saturated carbocycles. The molecule has 1 aliphatic heterocycles. The van der Waals surface area contributed by atoms with Crippen molar-refractivity contribution in [2.24, 2.45) is 0 Å². The van der Waals surface area contributed by atoms with E-state index in [1.165, 1.54) is 10.6 Å². The molecule has 0 unspecified atom stereocenters. The molecule has 0 spiro atoms. The van der Waals surface area contributed by atoms with Gasteiger partial charge in [-0.2, -0.15) is 5.06 Å². The van der Waals surface area contributed by atoms with Gasteiger partial charge >= 0.3 is 0 Å². The second-order valence-electron chi connectivity index (χ2n) is 4.24. The van der Waals surface area contributed by atoms with Crippen LogP contribution in [-0.2, 0) is 6.42 Å². The zero-order valence-electron chi connectivity index (χ0n) is 10.6. The van der Waals surface area contributed by atoms with E-state index in [0.717, 1.165) is 29.9 Å². The molecule has 2 rings (SSSR count). The first-order valence-electron chi connectivity index (χ1n) is 5.91. The van der Waals surface area contributed by atoms with E-state index in [1.54, 1.807) is 14.2 Å². The van der Waals surface area contributed by atoms with Crippen LogP contribution in [-0.4, -0.2) is 31.0 Å². The van der Waals surface area contributed by atoms with Gasteiger partial charge in [0.25, 0.3) is 0 Å². The molecule has 1 N–H and O–H groups in total. The van der Waals surface area contributed by atoms with Crippen LogP contribution in [0.4, 0.5) is 0 Å². The summed E-state index contributed by atoms with van der Waals surface area (Å²) < 4.78 is 10.6. The Morgan fingerprint density at radius 1 is 1.29 bits per heavy atom. The Balaban J connectivity index is 2.48. The molecule has 17 heavy (non-hydrogen) atoms. The molecule has 1 aromatic rings. The van der Waals surface area contributed by atoms with E-state index in [0.29, 0.717) is 6.54 Å². The molecule has 0 fully saturated rings. The number of fused-ring (bicyclic) bond motifs is 1. The highest BCUT2D eigenvalue weighted by molar-refractivity contribution is 5.49. The van der Waals surface area contributed by atoms with Gasteiger partial charge in [0.2, 0.25) is 0 Å². The third kappa shape index (κ3) is 2.10. The molecule has 0 amide bonds. The summed E-state index contributed by atoms with van der Waals surface area (Å²) in [5, 5.41) is 11.3. The summed E-state index contributed by atoms with van der Waals surface area (Å²) in [4.78, 5) is 0. The van der Waals surface area contributed by atoms with Gasteiger partial charge in [-0.05, 0) is 36.1 Å². The molecule has 1 heterocycles. The number of benzene rings is 1. The SMILES string of the molecule is CC[C@H]1c2cc(OC)c(OC)cc2CCN1O. The maximum atomic E-state index is 9.87. The van der Waals surface area contributed by atoms with Crippen LogP contribution in [0.15, 0.2) is 12.1 Å². The molecule has 0 saturated heterocycles. The predicted molar refractivity (Wildman–Crippen MR) is 64.8 cm³/mol. The molecule has 0 bridgehead atoms. The highest BCUT2D eigenvalue weighted by atomic mass is 16.5. The van der Waals surface area contributed by atoms with Crippen LogP contribution in [0.25, 0.3) is 0 Å². The summed E-state index contributed by atoms with van der Waals surface area (Å²) in [7, 11) is 3.27. The molecular weight excluding hydrogens is 218 g/mol. The van der Waals surface area contributed by atoms with Gasteiger partial charge in [-0.15, -0.1) is 0 Å². The third-order valence-electron chi connectivity index (χ3n) is 3.36. The molecule has 94 valence electrons. The van der Waals surface area contributed by atoms with Crippen molar-refractivity contribution < 1.29 is 14.7 Å². The average Bonchev–Trinajstić information content (AvgIpc) is 2.37. The van der Waals surface area contributed by atoms with Crippen molar-refractivity contribution in [3.63, 3.8) is 0 Å². The molecule has 4 heteroatoms. The Kier molecular flexibility index (Phi) is 3.54. The van der Waals surface area contributed by atoms with Gasteiger partial charge in [-0.3, -0.25) is 0 Å². The summed E-state index contributed by atoms with van der Waals surface area (Å²) in [6, 6.07) is 4.05. The van der Waals surface area contributed by atoms with E-state index in [2.05, 4.69) is 6.92 Å². The van der Waals surface area contributed by atoms with Gasteiger partial charge in [0.05, 0.1) is 20.3 Å². The fraction of sp³-hybridized carbons (Fsp3) is 0.538. The number of hydroxylamine groups is 2. The molecule has 0 radical (unpaired) electrons. The summed E-state index contributed by atoms with van der Waals surface area (Å²) in [6.07, 6.45) is 1.71. The van der Waals surface area contributed by atoms with E-state index >= 15 is 0 Å². The van der Waals surface area contributed by atoms with Gasteiger partial charge in [0.1, 0.15) is 0 Å². The van der Waals surface area contributed by atoms with Crippen molar-refractivity contribution >= 4 is 0 Å². The molecular formula is C13H19NO3. The predicted octanol–water partition coefficient (Wildman–Crippen LogP) is 2.40. The Labute approximate surface area is 102 Å². The number of hydrogen-bond acceptors (Lipinski definition) is 4. The molecule has 1 aliphatic rings. The summed E-state index contributed by atoms with van der Waals surface area (Å²) >= 11 is 0. The number of ether oxygens (including phenoxy) is 2. The third-order valence-corrected chi connectivity index (χ3v) is 3.36. The number of methoxy groups -OCH3 is 2. The largest absolute Gasteiger partial charge is 0.493 e. The topological polar surface area (TPSA) is 41.9 Å². The zero-order valence-corrected chi connectivity index (χ0v) is 10.6. The molecule has 1 aromatic carbocycles. The molecule has 0 aliphatic carbocycles. The van der Waals surface area contributed by atoms with Gasteiger partial charge in [0, 0.05) is 6.54 Å². The Hall–Kier alpha value is -1.26. The highest BCUT2D eigenvalue weighted by Crippen LogP contribution is 2.38. The number of nitrogens with zero attached hydrogens (tertiary/aromatic N) is 1. The Bertz CT molecular complexity index is 406. The fourth-order valence-corrected chi connectivity index (χ4v) is 2.45. The lowest BCUT2D eigenvalue weighted by molar-refractivity contribution is -0.134. The summed E-state index contributed by atoms with van der Waals surface area (Å²) in [5.41, 5.74) is 2.37.